The van der Waals surface area contributed by atoms with Crippen molar-refractivity contribution in [1.82, 2.24) is 5.43 Å². The molecule has 1 aliphatic rings. The quantitative estimate of drug-likeness (QED) is 0.391. The molecule has 0 bridgehead atoms. The number of para-hydroxylation sites is 1. The van der Waals surface area contributed by atoms with Gasteiger partial charge < -0.3 is 14.6 Å². The minimum Gasteiger partial charge on any atom is -0.493 e. The second-order valence-electron chi connectivity index (χ2n) is 7.30. The van der Waals surface area contributed by atoms with Crippen molar-refractivity contribution in [3.8, 4) is 11.5 Å². The fourth-order valence-corrected chi connectivity index (χ4v) is 3.67. The van der Waals surface area contributed by atoms with E-state index in [9.17, 15) is 14.4 Å². The monoisotopic (exact) mass is 478 g/mol. The van der Waals surface area contributed by atoms with Gasteiger partial charge in [-0.25, -0.2) is 9.80 Å². The van der Waals surface area contributed by atoms with E-state index in [1.54, 1.807) is 48.5 Å². The van der Waals surface area contributed by atoms with Crippen LogP contribution in [0.5, 0.6) is 11.5 Å². The van der Waals surface area contributed by atoms with Crippen molar-refractivity contribution >= 4 is 41.1 Å². The number of carbonyl (C=O) groups is 3. The number of carboxylic acid groups (broad SMARTS) is 1. The van der Waals surface area contributed by atoms with Crippen LogP contribution in [-0.4, -0.2) is 30.0 Å². The lowest BCUT2D eigenvalue weighted by Gasteiger charge is -2.14. The molecule has 3 aromatic carbocycles. The predicted molar refractivity (Wildman–Crippen MR) is 126 cm³/mol. The predicted octanol–water partition coefficient (Wildman–Crippen LogP) is 4.09. The molecule has 2 amide bonds. The number of nitrogens with zero attached hydrogens (tertiary/aromatic N) is 1. The Labute approximate surface area is 199 Å². The van der Waals surface area contributed by atoms with Crippen molar-refractivity contribution in [2.24, 2.45) is 0 Å². The minimum atomic E-state index is -1.04. The molecule has 0 unspecified atom stereocenters. The molecule has 0 spiro atoms. The molecule has 2 N–H and O–H groups in total. The maximum atomic E-state index is 12.8. The number of carbonyl (C=O) groups excluding carboxylic acids is 2. The highest BCUT2D eigenvalue weighted by molar-refractivity contribution is 6.33. The van der Waals surface area contributed by atoms with Gasteiger partial charge in [-0.05, 0) is 53.6 Å². The number of anilines is 1. The Morgan fingerprint density at radius 1 is 1.09 bits per heavy atom. The Bertz CT molecular complexity index is 1310. The maximum absolute atomic E-state index is 12.8. The summed E-state index contributed by atoms with van der Waals surface area (Å²) in [4.78, 5) is 36.4. The van der Waals surface area contributed by atoms with Crippen LogP contribution in [0.1, 0.15) is 21.5 Å². The number of nitrogens with one attached hydrogen (secondary N) is 1. The highest BCUT2D eigenvalue weighted by Crippen LogP contribution is 2.38. The van der Waals surface area contributed by atoms with Crippen LogP contribution in [0.4, 0.5) is 5.69 Å². The van der Waals surface area contributed by atoms with Gasteiger partial charge in [0.05, 0.1) is 23.4 Å². The van der Waals surface area contributed by atoms with Crippen molar-refractivity contribution in [2.45, 2.75) is 6.61 Å². The van der Waals surface area contributed by atoms with Gasteiger partial charge in [0.2, 0.25) is 0 Å². The number of hydrogen-bond acceptors (Lipinski definition) is 5. The molecular formula is C25H19ClN2O6. The van der Waals surface area contributed by atoms with Crippen molar-refractivity contribution < 1.29 is 29.0 Å². The maximum Gasteiger partial charge on any atom is 0.335 e. The molecule has 0 aromatic heterocycles. The van der Waals surface area contributed by atoms with E-state index < -0.39 is 17.8 Å². The molecule has 0 atom stereocenters. The van der Waals surface area contributed by atoms with Gasteiger partial charge in [-0.1, -0.05) is 41.9 Å². The summed E-state index contributed by atoms with van der Waals surface area (Å²) in [7, 11) is 1.44. The summed E-state index contributed by atoms with van der Waals surface area (Å²) in [6.45, 7) is 0.0601. The number of rotatable bonds is 7. The highest BCUT2D eigenvalue weighted by Gasteiger charge is 2.34. The van der Waals surface area contributed by atoms with Crippen LogP contribution in [-0.2, 0) is 16.2 Å². The Kier molecular flexibility index (Phi) is 6.51. The van der Waals surface area contributed by atoms with E-state index in [4.69, 9.17) is 26.2 Å². The lowest BCUT2D eigenvalue weighted by Crippen LogP contribution is -2.35. The van der Waals surface area contributed by atoms with Gasteiger partial charge in [0.25, 0.3) is 11.8 Å². The third-order valence-corrected chi connectivity index (χ3v) is 5.31. The van der Waals surface area contributed by atoms with Crippen molar-refractivity contribution in [2.75, 3.05) is 12.1 Å². The van der Waals surface area contributed by atoms with E-state index in [-0.39, 0.29) is 28.5 Å². The number of carboxylic acids is 1. The SMILES string of the molecule is COc1cc(/C=C2\C(=O)NN(c3ccccc3)C2=O)cc(Cl)c1OCc1cccc(C(=O)O)c1. The number of amides is 2. The first-order chi connectivity index (χ1) is 16.4. The van der Waals surface area contributed by atoms with Crippen LogP contribution in [0.2, 0.25) is 5.02 Å². The lowest BCUT2D eigenvalue weighted by molar-refractivity contribution is -0.117. The number of hydrogen-bond donors (Lipinski definition) is 2. The third kappa shape index (κ3) is 4.72. The van der Waals surface area contributed by atoms with Gasteiger partial charge in [-0.3, -0.25) is 15.0 Å². The lowest BCUT2D eigenvalue weighted by atomic mass is 10.1. The Balaban J connectivity index is 1.58. The molecule has 172 valence electrons. The number of benzene rings is 3. The molecule has 1 saturated heterocycles. The molecule has 0 radical (unpaired) electrons. The Morgan fingerprint density at radius 3 is 2.56 bits per heavy atom. The van der Waals surface area contributed by atoms with Crippen LogP contribution in [0.3, 0.4) is 0 Å². The summed E-state index contributed by atoms with van der Waals surface area (Å²) >= 11 is 6.42. The van der Waals surface area contributed by atoms with Gasteiger partial charge in [0.1, 0.15) is 12.2 Å². The first-order valence-corrected chi connectivity index (χ1v) is 10.5. The molecule has 34 heavy (non-hydrogen) atoms. The van der Waals surface area contributed by atoms with E-state index in [0.717, 1.165) is 0 Å². The second kappa shape index (κ2) is 9.68. The van der Waals surface area contributed by atoms with Gasteiger partial charge in [-0.2, -0.15) is 0 Å². The first kappa shape index (κ1) is 22.9. The topological polar surface area (TPSA) is 105 Å². The van der Waals surface area contributed by atoms with E-state index in [2.05, 4.69) is 5.43 Å². The molecule has 9 heteroatoms. The number of methoxy groups -OCH3 is 1. The van der Waals surface area contributed by atoms with Gasteiger partial charge in [0, 0.05) is 0 Å². The molecular weight excluding hydrogens is 460 g/mol. The summed E-state index contributed by atoms with van der Waals surface area (Å²) in [5.41, 5.74) is 4.27. The van der Waals surface area contributed by atoms with E-state index in [1.165, 1.54) is 30.3 Å². The van der Waals surface area contributed by atoms with Crippen molar-refractivity contribution in [1.29, 1.82) is 0 Å². The Hall–Kier alpha value is -4.30. The highest BCUT2D eigenvalue weighted by atomic mass is 35.5. The summed E-state index contributed by atoms with van der Waals surface area (Å²) in [6, 6.07) is 18.2. The summed E-state index contributed by atoms with van der Waals surface area (Å²) in [5, 5.41) is 10.5. The van der Waals surface area contributed by atoms with Gasteiger partial charge in [0.15, 0.2) is 11.5 Å². The molecule has 3 aromatic rings. The van der Waals surface area contributed by atoms with Crippen LogP contribution in [0, 0.1) is 0 Å². The smallest absolute Gasteiger partial charge is 0.335 e. The normalized spacial score (nSPS) is 14.3. The molecule has 1 heterocycles. The zero-order valence-corrected chi connectivity index (χ0v) is 18.7. The van der Waals surface area contributed by atoms with Crippen molar-refractivity contribution in [3.05, 3.63) is 94.0 Å². The van der Waals surface area contributed by atoms with E-state index in [1.807, 2.05) is 6.07 Å². The van der Waals surface area contributed by atoms with Gasteiger partial charge >= 0.3 is 5.97 Å². The fourth-order valence-electron chi connectivity index (χ4n) is 3.40. The average molecular weight is 479 g/mol. The molecule has 8 nitrogen and oxygen atoms in total. The van der Waals surface area contributed by atoms with E-state index >= 15 is 0 Å². The first-order valence-electron chi connectivity index (χ1n) is 10.1. The van der Waals surface area contributed by atoms with Gasteiger partial charge in [-0.15, -0.1) is 0 Å². The van der Waals surface area contributed by atoms with Crippen LogP contribution in [0.25, 0.3) is 6.08 Å². The number of hydrazine groups is 1. The summed E-state index contributed by atoms with van der Waals surface area (Å²) in [6.07, 6.45) is 1.43. The van der Waals surface area contributed by atoms with Crippen molar-refractivity contribution in [3.63, 3.8) is 0 Å². The molecule has 0 aliphatic carbocycles. The zero-order valence-electron chi connectivity index (χ0n) is 17.9. The largest absolute Gasteiger partial charge is 0.493 e. The molecule has 1 aliphatic heterocycles. The average Bonchev–Trinajstić information content (AvgIpc) is 3.12. The Morgan fingerprint density at radius 2 is 1.85 bits per heavy atom. The fraction of sp³-hybridized carbons (Fsp3) is 0.0800. The minimum absolute atomic E-state index is 0.0545. The third-order valence-electron chi connectivity index (χ3n) is 5.03. The second-order valence-corrected chi connectivity index (χ2v) is 7.71. The van der Waals surface area contributed by atoms with Crippen LogP contribution < -0.4 is 19.9 Å². The number of aromatic carboxylic acids is 1. The molecule has 4 rings (SSSR count). The van der Waals surface area contributed by atoms with Crippen LogP contribution in [0.15, 0.2) is 72.3 Å². The van der Waals surface area contributed by atoms with E-state index in [0.29, 0.717) is 22.6 Å². The number of ether oxygens (including phenoxy) is 2. The zero-order chi connectivity index (χ0) is 24.2. The molecule has 0 saturated carbocycles. The summed E-state index contributed by atoms with van der Waals surface area (Å²) in [5.74, 6) is -1.53. The summed E-state index contributed by atoms with van der Waals surface area (Å²) < 4.78 is 11.2. The van der Waals surface area contributed by atoms with Crippen LogP contribution >= 0.6 is 11.6 Å². The molecule has 1 fully saturated rings. The standard InChI is InChI=1S/C25H19ClN2O6/c1-33-21-13-16(11-19-23(29)27-28(24(19)30)18-8-3-2-4-9-18)12-20(26)22(21)34-14-15-6-5-7-17(10-15)25(31)32/h2-13H,14H2,1H3,(H,27,29)(H,31,32)/b19-11+. The number of halogens is 1.